The molecule has 1 amide bonds. The molecule has 0 bridgehead atoms. The SMILES string of the molecule is CN=C(NCCc1cccc2ccccc12)NC1CCN(C(=O)C2CCCC2)C1.I. The molecule has 1 atom stereocenters. The monoisotopic (exact) mass is 520 g/mol. The zero-order valence-corrected chi connectivity index (χ0v) is 20.1. The molecule has 2 aliphatic rings. The molecule has 5 nitrogen and oxygen atoms in total. The number of halogens is 1. The Morgan fingerprint density at radius 1 is 1.10 bits per heavy atom. The van der Waals surface area contributed by atoms with E-state index in [1.54, 1.807) is 0 Å². The summed E-state index contributed by atoms with van der Waals surface area (Å²) >= 11 is 0. The summed E-state index contributed by atoms with van der Waals surface area (Å²) in [6, 6.07) is 15.3. The molecule has 162 valence electrons. The molecule has 0 radical (unpaired) electrons. The predicted molar refractivity (Wildman–Crippen MR) is 135 cm³/mol. The van der Waals surface area contributed by atoms with Crippen molar-refractivity contribution in [2.75, 3.05) is 26.7 Å². The van der Waals surface area contributed by atoms with Crippen LogP contribution in [-0.2, 0) is 11.2 Å². The minimum absolute atomic E-state index is 0. The molecule has 2 fully saturated rings. The van der Waals surface area contributed by atoms with E-state index in [9.17, 15) is 4.79 Å². The highest BCUT2D eigenvalue weighted by atomic mass is 127. The minimum Gasteiger partial charge on any atom is -0.356 e. The van der Waals surface area contributed by atoms with Gasteiger partial charge in [0.1, 0.15) is 0 Å². The van der Waals surface area contributed by atoms with Crippen molar-refractivity contribution in [3.8, 4) is 0 Å². The maximum Gasteiger partial charge on any atom is 0.225 e. The summed E-state index contributed by atoms with van der Waals surface area (Å²) < 4.78 is 0. The van der Waals surface area contributed by atoms with Crippen LogP contribution in [0.1, 0.15) is 37.7 Å². The van der Waals surface area contributed by atoms with E-state index in [0.29, 0.717) is 5.91 Å². The number of carbonyl (C=O) groups excluding carboxylic acids is 1. The number of nitrogens with one attached hydrogen (secondary N) is 2. The van der Waals surface area contributed by atoms with Crippen molar-refractivity contribution in [3.63, 3.8) is 0 Å². The first-order valence-electron chi connectivity index (χ1n) is 11.0. The molecule has 6 heteroatoms. The third-order valence-electron chi connectivity index (χ3n) is 6.34. The van der Waals surface area contributed by atoms with Gasteiger partial charge >= 0.3 is 0 Å². The van der Waals surface area contributed by atoms with Crippen molar-refractivity contribution >= 4 is 46.6 Å². The Morgan fingerprint density at radius 2 is 1.87 bits per heavy atom. The Bertz CT molecular complexity index is 873. The molecule has 0 spiro atoms. The minimum atomic E-state index is 0. The first-order valence-corrected chi connectivity index (χ1v) is 11.0. The topological polar surface area (TPSA) is 56.7 Å². The van der Waals surface area contributed by atoms with E-state index in [2.05, 4.69) is 63.0 Å². The van der Waals surface area contributed by atoms with Gasteiger partial charge in [0.2, 0.25) is 5.91 Å². The van der Waals surface area contributed by atoms with Crippen LogP contribution in [0.25, 0.3) is 10.8 Å². The van der Waals surface area contributed by atoms with Gasteiger partial charge < -0.3 is 15.5 Å². The van der Waals surface area contributed by atoms with Crippen molar-refractivity contribution in [3.05, 3.63) is 48.0 Å². The summed E-state index contributed by atoms with van der Waals surface area (Å²) in [5, 5.41) is 9.55. The van der Waals surface area contributed by atoms with E-state index in [1.807, 2.05) is 7.05 Å². The van der Waals surface area contributed by atoms with Crippen LogP contribution < -0.4 is 10.6 Å². The molecular weight excluding hydrogens is 487 g/mol. The van der Waals surface area contributed by atoms with Crippen molar-refractivity contribution in [2.45, 2.75) is 44.6 Å². The lowest BCUT2D eigenvalue weighted by molar-refractivity contribution is -0.134. The number of rotatable bonds is 5. The Labute approximate surface area is 196 Å². The van der Waals surface area contributed by atoms with Gasteiger partial charge in [0.25, 0.3) is 0 Å². The smallest absolute Gasteiger partial charge is 0.225 e. The molecule has 1 saturated heterocycles. The second-order valence-electron chi connectivity index (χ2n) is 8.28. The summed E-state index contributed by atoms with van der Waals surface area (Å²) in [5.41, 5.74) is 1.35. The maximum absolute atomic E-state index is 12.6. The van der Waals surface area contributed by atoms with Gasteiger partial charge in [-0.3, -0.25) is 9.79 Å². The summed E-state index contributed by atoms with van der Waals surface area (Å²) in [4.78, 5) is 19.1. The zero-order valence-electron chi connectivity index (χ0n) is 17.8. The number of aliphatic imine (C=N–C) groups is 1. The first-order chi connectivity index (χ1) is 14.2. The van der Waals surface area contributed by atoms with Gasteiger partial charge in [-0.1, -0.05) is 55.3 Å². The molecule has 1 heterocycles. The number of hydrogen-bond donors (Lipinski definition) is 2. The van der Waals surface area contributed by atoms with Crippen LogP contribution in [-0.4, -0.2) is 49.5 Å². The number of nitrogens with zero attached hydrogens (tertiary/aromatic N) is 2. The molecule has 1 aliphatic carbocycles. The molecule has 4 rings (SSSR count). The largest absolute Gasteiger partial charge is 0.356 e. The maximum atomic E-state index is 12.6. The van der Waals surface area contributed by atoms with Crippen molar-refractivity contribution in [1.29, 1.82) is 0 Å². The summed E-state index contributed by atoms with van der Waals surface area (Å²) in [6.45, 7) is 2.48. The fourth-order valence-electron chi connectivity index (χ4n) is 4.72. The number of guanidine groups is 1. The molecule has 1 aliphatic heterocycles. The highest BCUT2D eigenvalue weighted by Gasteiger charge is 2.32. The van der Waals surface area contributed by atoms with Crippen LogP contribution in [0, 0.1) is 5.92 Å². The van der Waals surface area contributed by atoms with E-state index in [0.717, 1.165) is 51.3 Å². The molecule has 1 unspecified atom stereocenters. The summed E-state index contributed by atoms with van der Waals surface area (Å²) in [7, 11) is 1.81. The average molecular weight is 520 g/mol. The molecule has 0 aromatic heterocycles. The molecule has 1 saturated carbocycles. The van der Waals surface area contributed by atoms with Gasteiger partial charge in [0, 0.05) is 38.6 Å². The summed E-state index contributed by atoms with van der Waals surface area (Å²) in [6.07, 6.45) is 6.50. The lowest BCUT2D eigenvalue weighted by Crippen LogP contribution is -2.45. The second-order valence-corrected chi connectivity index (χ2v) is 8.28. The predicted octanol–water partition coefficient (Wildman–Crippen LogP) is 3.96. The number of carbonyl (C=O) groups is 1. The fraction of sp³-hybridized carbons (Fsp3) is 0.500. The first kappa shape index (κ1) is 22.8. The molecule has 2 N–H and O–H groups in total. The van der Waals surface area contributed by atoms with Crippen LogP contribution in [0.2, 0.25) is 0 Å². The number of hydrogen-bond acceptors (Lipinski definition) is 2. The van der Waals surface area contributed by atoms with Gasteiger partial charge in [0.15, 0.2) is 5.96 Å². The second kappa shape index (κ2) is 11.0. The fourth-order valence-corrected chi connectivity index (χ4v) is 4.72. The Hall–Kier alpha value is -1.83. The van der Waals surface area contributed by atoms with Crippen LogP contribution in [0.5, 0.6) is 0 Å². The van der Waals surface area contributed by atoms with E-state index in [-0.39, 0.29) is 35.9 Å². The number of fused-ring (bicyclic) bond motifs is 1. The summed E-state index contributed by atoms with van der Waals surface area (Å²) in [5.74, 6) is 1.46. The Morgan fingerprint density at radius 3 is 2.67 bits per heavy atom. The van der Waals surface area contributed by atoms with E-state index >= 15 is 0 Å². The number of likely N-dealkylation sites (tertiary alicyclic amines) is 1. The van der Waals surface area contributed by atoms with Crippen LogP contribution >= 0.6 is 24.0 Å². The number of amides is 1. The number of benzene rings is 2. The van der Waals surface area contributed by atoms with Gasteiger partial charge in [-0.05, 0) is 42.0 Å². The van der Waals surface area contributed by atoms with Crippen molar-refractivity contribution < 1.29 is 4.79 Å². The lowest BCUT2D eigenvalue weighted by atomic mass is 10.0. The molecule has 2 aromatic carbocycles. The normalized spacial score (nSPS) is 19.7. The van der Waals surface area contributed by atoms with E-state index in [4.69, 9.17) is 0 Å². The molecule has 2 aromatic rings. The van der Waals surface area contributed by atoms with E-state index < -0.39 is 0 Å². The Balaban J connectivity index is 0.00000256. The zero-order chi connectivity index (χ0) is 20.1. The van der Waals surface area contributed by atoms with E-state index in [1.165, 1.54) is 29.2 Å². The van der Waals surface area contributed by atoms with Gasteiger partial charge in [-0.15, -0.1) is 24.0 Å². The molecule has 30 heavy (non-hydrogen) atoms. The van der Waals surface area contributed by atoms with Gasteiger partial charge in [-0.25, -0.2) is 0 Å². The standard InChI is InChI=1S/C24H32N4O.HI/c1-25-24(26-15-13-19-11-6-10-18-7-4-5-12-22(18)19)27-21-14-16-28(17-21)23(29)20-8-2-3-9-20;/h4-7,10-12,20-21H,2-3,8-9,13-17H2,1H3,(H2,25,26,27);1H. The van der Waals surface area contributed by atoms with Gasteiger partial charge in [0.05, 0.1) is 0 Å². The highest BCUT2D eigenvalue weighted by molar-refractivity contribution is 14.0. The highest BCUT2D eigenvalue weighted by Crippen LogP contribution is 2.27. The lowest BCUT2D eigenvalue weighted by Gasteiger charge is -2.21. The van der Waals surface area contributed by atoms with Crippen LogP contribution in [0.4, 0.5) is 0 Å². The van der Waals surface area contributed by atoms with Gasteiger partial charge in [-0.2, -0.15) is 0 Å². The molecular formula is C24H33IN4O. The Kier molecular flexibility index (Phi) is 8.36. The average Bonchev–Trinajstić information content (AvgIpc) is 3.45. The van der Waals surface area contributed by atoms with Crippen LogP contribution in [0.15, 0.2) is 47.5 Å². The van der Waals surface area contributed by atoms with Crippen molar-refractivity contribution in [2.24, 2.45) is 10.9 Å². The van der Waals surface area contributed by atoms with Crippen molar-refractivity contribution in [1.82, 2.24) is 15.5 Å². The third-order valence-corrected chi connectivity index (χ3v) is 6.34. The quantitative estimate of drug-likeness (QED) is 0.357. The third kappa shape index (κ3) is 5.45. The van der Waals surface area contributed by atoms with Crippen LogP contribution in [0.3, 0.4) is 0 Å².